The fourth-order valence-electron chi connectivity index (χ4n) is 6.54. The summed E-state index contributed by atoms with van der Waals surface area (Å²) in [6.45, 7) is 4.04. The quantitative estimate of drug-likeness (QED) is 0.443. The first-order valence-corrected chi connectivity index (χ1v) is 13.1. The minimum absolute atomic E-state index is 0.120. The summed E-state index contributed by atoms with van der Waals surface area (Å²) in [5.74, 6) is 2.05. The van der Waals surface area contributed by atoms with Crippen molar-refractivity contribution in [3.63, 3.8) is 0 Å². The number of halogens is 1. The van der Waals surface area contributed by atoms with Crippen LogP contribution in [-0.2, 0) is 20.9 Å². The molecule has 6 rings (SSSR count). The molecule has 1 heterocycles. The monoisotopic (exact) mass is 486 g/mol. The predicted octanol–water partition coefficient (Wildman–Crippen LogP) is 4.28. The standard InChI is InChI=1S/C25H31FN4O3S/c1-3-33-22(31)15(2)34-24-29-28-21(30(24)20-6-4-19(26)5-7-20)14-27-23(32)25-11-16-8-17(12-25)10-18(9-16)13-25/h4-7,15-18H,3,8-14H2,1-2H3,(H,27,32)/t15-,16?,17?,18?,25?/m0/s1. The molecule has 7 nitrogen and oxygen atoms in total. The van der Waals surface area contributed by atoms with Gasteiger partial charge in [-0.1, -0.05) is 11.8 Å². The molecule has 0 radical (unpaired) electrons. The zero-order chi connectivity index (χ0) is 23.9. The normalized spacial score (nSPS) is 28.0. The molecule has 4 aliphatic carbocycles. The summed E-state index contributed by atoms with van der Waals surface area (Å²) >= 11 is 1.23. The Morgan fingerprint density at radius 3 is 2.35 bits per heavy atom. The first kappa shape index (κ1) is 23.3. The summed E-state index contributed by atoms with van der Waals surface area (Å²) in [4.78, 5) is 25.6. The first-order chi connectivity index (χ1) is 16.4. The van der Waals surface area contributed by atoms with Crippen LogP contribution < -0.4 is 5.32 Å². The maximum Gasteiger partial charge on any atom is 0.319 e. The van der Waals surface area contributed by atoms with Gasteiger partial charge in [-0.25, -0.2) is 4.39 Å². The van der Waals surface area contributed by atoms with E-state index < -0.39 is 5.25 Å². The number of carbonyl (C=O) groups is 2. The summed E-state index contributed by atoms with van der Waals surface area (Å²) in [6, 6.07) is 6.02. The van der Waals surface area contributed by atoms with Crippen molar-refractivity contribution in [3.8, 4) is 5.69 Å². The van der Waals surface area contributed by atoms with Crippen LogP contribution in [0.5, 0.6) is 0 Å². The Bertz CT molecular complexity index is 1040. The summed E-state index contributed by atoms with van der Waals surface area (Å²) < 4.78 is 20.5. The lowest BCUT2D eigenvalue weighted by Crippen LogP contribution is -2.53. The molecule has 34 heavy (non-hydrogen) atoms. The van der Waals surface area contributed by atoms with Crippen molar-refractivity contribution in [2.24, 2.45) is 23.2 Å². The number of amides is 1. The van der Waals surface area contributed by atoms with Crippen LogP contribution in [0.4, 0.5) is 4.39 Å². The number of carbonyl (C=O) groups excluding carboxylic acids is 2. The van der Waals surface area contributed by atoms with Crippen molar-refractivity contribution in [2.75, 3.05) is 6.61 Å². The number of nitrogens with one attached hydrogen (secondary N) is 1. The van der Waals surface area contributed by atoms with Crippen LogP contribution in [0.15, 0.2) is 29.4 Å². The second-order valence-corrected chi connectivity index (χ2v) is 11.4. The Morgan fingerprint density at radius 1 is 1.15 bits per heavy atom. The van der Waals surface area contributed by atoms with Gasteiger partial charge >= 0.3 is 5.97 Å². The largest absolute Gasteiger partial charge is 0.465 e. The van der Waals surface area contributed by atoms with Crippen LogP contribution in [0, 0.1) is 29.0 Å². The summed E-state index contributed by atoms with van der Waals surface area (Å²) in [6.07, 6.45) is 6.83. The van der Waals surface area contributed by atoms with Crippen molar-refractivity contribution in [2.45, 2.75) is 69.3 Å². The van der Waals surface area contributed by atoms with Crippen LogP contribution in [0.1, 0.15) is 58.2 Å². The third-order valence-corrected chi connectivity index (χ3v) is 8.63. The number of esters is 1. The van der Waals surface area contributed by atoms with E-state index in [1.54, 1.807) is 30.5 Å². The zero-order valence-corrected chi connectivity index (χ0v) is 20.4. The van der Waals surface area contributed by atoms with Crippen LogP contribution in [0.25, 0.3) is 5.69 Å². The van der Waals surface area contributed by atoms with E-state index >= 15 is 0 Å². The lowest BCUT2D eigenvalue weighted by Gasteiger charge is -2.55. The van der Waals surface area contributed by atoms with Gasteiger partial charge in [-0.15, -0.1) is 10.2 Å². The zero-order valence-electron chi connectivity index (χ0n) is 19.6. The highest BCUT2D eigenvalue weighted by Gasteiger charge is 2.54. The summed E-state index contributed by atoms with van der Waals surface area (Å²) in [5.41, 5.74) is 0.426. The average molecular weight is 487 g/mol. The van der Waals surface area contributed by atoms with E-state index in [4.69, 9.17) is 4.74 Å². The molecule has 0 saturated heterocycles. The fourth-order valence-corrected chi connectivity index (χ4v) is 7.43. The second kappa shape index (κ2) is 9.32. The molecular weight excluding hydrogens is 455 g/mol. The fraction of sp³-hybridized carbons (Fsp3) is 0.600. The Hall–Kier alpha value is -2.42. The maximum absolute atomic E-state index is 13.6. The van der Waals surface area contributed by atoms with Crippen LogP contribution in [-0.4, -0.2) is 38.5 Å². The van der Waals surface area contributed by atoms with Gasteiger partial charge in [0.2, 0.25) is 5.91 Å². The topological polar surface area (TPSA) is 86.1 Å². The number of rotatable bonds is 8. The van der Waals surface area contributed by atoms with Gasteiger partial charge in [0.15, 0.2) is 11.0 Å². The summed E-state index contributed by atoms with van der Waals surface area (Å²) in [7, 11) is 0. The maximum atomic E-state index is 13.6. The lowest BCUT2D eigenvalue weighted by atomic mass is 9.49. The van der Waals surface area contributed by atoms with Gasteiger partial charge in [0, 0.05) is 11.1 Å². The second-order valence-electron chi connectivity index (χ2n) is 10.1. The van der Waals surface area contributed by atoms with E-state index in [2.05, 4.69) is 15.5 Å². The van der Waals surface area contributed by atoms with Crippen LogP contribution in [0.2, 0.25) is 0 Å². The molecule has 0 unspecified atom stereocenters. The van der Waals surface area contributed by atoms with Crippen molar-refractivity contribution >= 4 is 23.6 Å². The molecule has 4 aliphatic rings. The highest BCUT2D eigenvalue weighted by Crippen LogP contribution is 2.60. The highest BCUT2D eigenvalue weighted by atomic mass is 32.2. The molecule has 9 heteroatoms. The van der Waals surface area contributed by atoms with Crippen molar-refractivity contribution in [3.05, 3.63) is 35.9 Å². The number of thioether (sulfide) groups is 1. The Labute approximate surface area is 203 Å². The molecule has 2 aromatic rings. The molecule has 4 fully saturated rings. The number of ether oxygens (including phenoxy) is 1. The van der Waals surface area contributed by atoms with E-state index in [9.17, 15) is 14.0 Å². The first-order valence-electron chi connectivity index (χ1n) is 12.2. The van der Waals surface area contributed by atoms with Gasteiger partial charge in [-0.2, -0.15) is 0 Å². The van der Waals surface area contributed by atoms with Crippen molar-refractivity contribution in [1.29, 1.82) is 0 Å². The Morgan fingerprint density at radius 2 is 1.76 bits per heavy atom. The Balaban J connectivity index is 1.36. The smallest absolute Gasteiger partial charge is 0.319 e. The van der Waals surface area contributed by atoms with Gasteiger partial charge in [-0.05, 0) is 94.4 Å². The van der Waals surface area contributed by atoms with Crippen molar-refractivity contribution in [1.82, 2.24) is 20.1 Å². The van der Waals surface area contributed by atoms with Gasteiger partial charge in [0.1, 0.15) is 11.1 Å². The van der Waals surface area contributed by atoms with E-state index in [0.29, 0.717) is 41.0 Å². The number of hydrogen-bond donors (Lipinski definition) is 1. The third kappa shape index (κ3) is 4.46. The van der Waals surface area contributed by atoms with Gasteiger partial charge < -0.3 is 10.1 Å². The third-order valence-electron chi connectivity index (χ3n) is 7.61. The van der Waals surface area contributed by atoms with Crippen LogP contribution in [0.3, 0.4) is 0 Å². The SMILES string of the molecule is CCOC(=O)[C@H](C)Sc1nnc(CNC(=O)C23CC4CC(CC(C4)C2)C3)n1-c1ccc(F)cc1. The molecule has 1 atom stereocenters. The molecule has 1 N–H and O–H groups in total. The van der Waals surface area contributed by atoms with Gasteiger partial charge in [0.05, 0.1) is 13.2 Å². The average Bonchev–Trinajstić information content (AvgIpc) is 3.19. The minimum Gasteiger partial charge on any atom is -0.465 e. The molecular formula is C25H31FN4O3S. The van der Waals surface area contributed by atoms with Crippen molar-refractivity contribution < 1.29 is 18.7 Å². The van der Waals surface area contributed by atoms with E-state index in [-0.39, 0.29) is 29.7 Å². The summed E-state index contributed by atoms with van der Waals surface area (Å²) in [5, 5.41) is 11.8. The molecule has 182 valence electrons. The number of hydrogen-bond acceptors (Lipinski definition) is 6. The lowest BCUT2D eigenvalue weighted by molar-refractivity contribution is -0.146. The van der Waals surface area contributed by atoms with E-state index in [0.717, 1.165) is 19.3 Å². The van der Waals surface area contributed by atoms with E-state index in [1.165, 1.54) is 43.2 Å². The molecule has 0 spiro atoms. The minimum atomic E-state index is -0.488. The Kier molecular flexibility index (Phi) is 6.39. The molecule has 4 bridgehead atoms. The number of benzene rings is 1. The van der Waals surface area contributed by atoms with E-state index in [1.807, 2.05) is 0 Å². The molecule has 1 aromatic heterocycles. The molecule has 1 amide bonds. The predicted molar refractivity (Wildman–Crippen MR) is 126 cm³/mol. The highest BCUT2D eigenvalue weighted by molar-refractivity contribution is 8.00. The van der Waals surface area contributed by atoms with Gasteiger partial charge in [0.25, 0.3) is 0 Å². The number of aromatic nitrogens is 3. The molecule has 0 aliphatic heterocycles. The molecule has 4 saturated carbocycles. The molecule has 1 aromatic carbocycles. The van der Waals surface area contributed by atoms with Gasteiger partial charge in [-0.3, -0.25) is 14.2 Å². The number of nitrogens with zero attached hydrogens (tertiary/aromatic N) is 3. The van der Waals surface area contributed by atoms with Crippen LogP contribution >= 0.6 is 11.8 Å².